The predicted octanol–water partition coefficient (Wildman–Crippen LogP) is 2.41. The van der Waals surface area contributed by atoms with E-state index in [1.54, 1.807) is 0 Å². The van der Waals surface area contributed by atoms with E-state index in [-0.39, 0.29) is 6.03 Å². The number of alkyl halides is 3. The zero-order valence-corrected chi connectivity index (χ0v) is 13.5. The summed E-state index contributed by atoms with van der Waals surface area (Å²) in [6.45, 7) is 2.41. The van der Waals surface area contributed by atoms with E-state index in [2.05, 4.69) is 5.32 Å². The van der Waals surface area contributed by atoms with Crippen LogP contribution in [-0.2, 0) is 0 Å². The van der Waals surface area contributed by atoms with Crippen LogP contribution < -0.4 is 5.32 Å². The quantitative estimate of drug-likeness (QED) is 0.854. The molecule has 0 spiro atoms. The number of rotatable bonds is 4. The van der Waals surface area contributed by atoms with Gasteiger partial charge in [-0.1, -0.05) is 0 Å². The number of nitrogens with one attached hydrogen (secondary N) is 1. The molecule has 1 N–H and O–H groups in total. The first-order valence-corrected chi connectivity index (χ1v) is 8.99. The Kier molecular flexibility index (Phi) is 6.67. The molecule has 2 saturated heterocycles. The number of halogens is 3. The average molecular weight is 339 g/mol. The Morgan fingerprint density at radius 1 is 1.14 bits per heavy atom. The number of carbonyl (C=O) groups is 1. The zero-order chi connectivity index (χ0) is 16.0. The van der Waals surface area contributed by atoms with Gasteiger partial charge in [0, 0.05) is 31.1 Å². The molecule has 2 aliphatic heterocycles. The van der Waals surface area contributed by atoms with Crippen molar-refractivity contribution in [3.63, 3.8) is 0 Å². The molecular formula is C14H24F3N3OS. The summed E-state index contributed by atoms with van der Waals surface area (Å²) in [5, 5.41) is 2.93. The molecule has 2 amide bonds. The van der Waals surface area contributed by atoms with E-state index in [1.807, 2.05) is 16.7 Å². The number of nitrogens with zero attached hydrogens (tertiary/aromatic N) is 2. The van der Waals surface area contributed by atoms with E-state index < -0.39 is 12.7 Å². The first-order chi connectivity index (χ1) is 10.4. The minimum atomic E-state index is -4.10. The smallest absolute Gasteiger partial charge is 0.338 e. The molecule has 128 valence electrons. The van der Waals surface area contributed by atoms with Crippen LogP contribution in [0.25, 0.3) is 0 Å². The molecule has 0 atom stereocenters. The number of thioether (sulfide) groups is 1. The van der Waals surface area contributed by atoms with Crippen molar-refractivity contribution in [1.29, 1.82) is 0 Å². The molecule has 22 heavy (non-hydrogen) atoms. The molecule has 2 aliphatic rings. The number of hydrogen-bond donors (Lipinski definition) is 1. The Morgan fingerprint density at radius 2 is 1.77 bits per heavy atom. The first kappa shape index (κ1) is 17.7. The number of carbonyl (C=O) groups excluding carboxylic acids is 1. The average Bonchev–Trinajstić information content (AvgIpc) is 2.48. The Morgan fingerprint density at radius 3 is 2.36 bits per heavy atom. The van der Waals surface area contributed by atoms with Crippen LogP contribution in [-0.4, -0.2) is 72.8 Å². The van der Waals surface area contributed by atoms with Gasteiger partial charge in [-0.3, -0.25) is 4.90 Å². The van der Waals surface area contributed by atoms with Crippen molar-refractivity contribution in [3.05, 3.63) is 0 Å². The summed E-state index contributed by atoms with van der Waals surface area (Å²) in [4.78, 5) is 15.2. The van der Waals surface area contributed by atoms with Crippen molar-refractivity contribution in [3.8, 4) is 0 Å². The molecule has 0 unspecified atom stereocenters. The Hall–Kier alpha value is -0.630. The second-order valence-corrected chi connectivity index (χ2v) is 7.18. The van der Waals surface area contributed by atoms with E-state index in [1.165, 1.54) is 4.90 Å². The van der Waals surface area contributed by atoms with Crippen molar-refractivity contribution < 1.29 is 18.0 Å². The molecule has 8 heteroatoms. The van der Waals surface area contributed by atoms with Gasteiger partial charge in [0.15, 0.2) is 0 Å². The highest BCUT2D eigenvalue weighted by Gasteiger charge is 2.32. The lowest BCUT2D eigenvalue weighted by molar-refractivity contribution is -0.148. The van der Waals surface area contributed by atoms with Gasteiger partial charge in [-0.15, -0.1) is 0 Å². The van der Waals surface area contributed by atoms with E-state index >= 15 is 0 Å². The standard InChI is InChI=1S/C14H24F3N3OS/c15-14(16,17)11-19-5-2-12(3-6-19)1-4-18-13(21)20-7-9-22-10-8-20/h12H,1-11H2,(H,18,21). The van der Waals surface area contributed by atoms with Crippen LogP contribution in [0.15, 0.2) is 0 Å². The SMILES string of the molecule is O=C(NCCC1CCN(CC(F)(F)F)CC1)N1CCSCC1. The maximum Gasteiger partial charge on any atom is 0.401 e. The highest BCUT2D eigenvalue weighted by molar-refractivity contribution is 7.99. The van der Waals surface area contributed by atoms with Crippen LogP contribution in [0, 0.1) is 5.92 Å². The molecule has 4 nitrogen and oxygen atoms in total. The van der Waals surface area contributed by atoms with Crippen molar-refractivity contribution >= 4 is 17.8 Å². The van der Waals surface area contributed by atoms with Gasteiger partial charge in [0.2, 0.25) is 0 Å². The van der Waals surface area contributed by atoms with Gasteiger partial charge < -0.3 is 10.2 Å². The lowest BCUT2D eigenvalue weighted by Crippen LogP contribution is -2.45. The van der Waals surface area contributed by atoms with Gasteiger partial charge in [0.1, 0.15) is 0 Å². The second kappa shape index (κ2) is 8.29. The Bertz CT molecular complexity index is 354. The predicted molar refractivity (Wildman–Crippen MR) is 82.1 cm³/mol. The summed E-state index contributed by atoms with van der Waals surface area (Å²) in [6.07, 6.45) is -1.68. The number of urea groups is 1. The van der Waals surface area contributed by atoms with Crippen molar-refractivity contribution in [2.24, 2.45) is 5.92 Å². The zero-order valence-electron chi connectivity index (χ0n) is 12.7. The van der Waals surface area contributed by atoms with E-state index in [0.29, 0.717) is 25.6 Å². The summed E-state index contributed by atoms with van der Waals surface area (Å²) in [5.41, 5.74) is 0. The minimum Gasteiger partial charge on any atom is -0.338 e. The molecule has 2 heterocycles. The largest absolute Gasteiger partial charge is 0.401 e. The highest BCUT2D eigenvalue weighted by atomic mass is 32.2. The Balaban J connectivity index is 1.58. The molecule has 0 saturated carbocycles. The summed E-state index contributed by atoms with van der Waals surface area (Å²) in [6, 6.07) is -0.00481. The first-order valence-electron chi connectivity index (χ1n) is 7.84. The third-order valence-corrected chi connectivity index (χ3v) is 5.18. The Labute approximate surface area is 133 Å². The summed E-state index contributed by atoms with van der Waals surface area (Å²) in [5.74, 6) is 2.40. The molecule has 0 aliphatic carbocycles. The summed E-state index contributed by atoms with van der Waals surface area (Å²) < 4.78 is 36.9. The van der Waals surface area contributed by atoms with Gasteiger partial charge in [0.25, 0.3) is 0 Å². The topological polar surface area (TPSA) is 35.6 Å². The summed E-state index contributed by atoms with van der Waals surface area (Å²) >= 11 is 1.86. The van der Waals surface area contributed by atoms with E-state index in [4.69, 9.17) is 0 Å². The monoisotopic (exact) mass is 339 g/mol. The molecule has 0 aromatic rings. The fourth-order valence-corrected chi connectivity index (χ4v) is 3.85. The fourth-order valence-electron chi connectivity index (χ4n) is 2.95. The molecule has 0 radical (unpaired) electrons. The van der Waals surface area contributed by atoms with E-state index in [0.717, 1.165) is 43.9 Å². The minimum absolute atomic E-state index is 0.00481. The molecule has 0 aromatic carbocycles. The van der Waals surface area contributed by atoms with Gasteiger partial charge in [0.05, 0.1) is 6.54 Å². The normalized spacial score (nSPS) is 21.9. The van der Waals surface area contributed by atoms with Gasteiger partial charge in [-0.2, -0.15) is 24.9 Å². The van der Waals surface area contributed by atoms with Crippen LogP contribution in [0.3, 0.4) is 0 Å². The van der Waals surface area contributed by atoms with Crippen LogP contribution >= 0.6 is 11.8 Å². The highest BCUT2D eigenvalue weighted by Crippen LogP contribution is 2.24. The number of hydrogen-bond acceptors (Lipinski definition) is 3. The van der Waals surface area contributed by atoms with E-state index in [9.17, 15) is 18.0 Å². The number of amides is 2. The lowest BCUT2D eigenvalue weighted by Gasteiger charge is -2.32. The molecule has 2 fully saturated rings. The lowest BCUT2D eigenvalue weighted by atomic mass is 9.93. The van der Waals surface area contributed by atoms with Gasteiger partial charge in [-0.05, 0) is 38.3 Å². The molecule has 0 aromatic heterocycles. The maximum atomic E-state index is 12.3. The van der Waals surface area contributed by atoms with Crippen molar-refractivity contribution in [1.82, 2.24) is 15.1 Å². The van der Waals surface area contributed by atoms with Gasteiger partial charge >= 0.3 is 12.2 Å². The van der Waals surface area contributed by atoms with Crippen molar-refractivity contribution in [2.75, 3.05) is 50.8 Å². The summed E-state index contributed by atoms with van der Waals surface area (Å²) in [7, 11) is 0. The van der Waals surface area contributed by atoms with Crippen molar-refractivity contribution in [2.45, 2.75) is 25.4 Å². The van der Waals surface area contributed by atoms with Crippen LogP contribution in [0.5, 0.6) is 0 Å². The van der Waals surface area contributed by atoms with Crippen LogP contribution in [0.4, 0.5) is 18.0 Å². The fraction of sp³-hybridized carbons (Fsp3) is 0.929. The van der Waals surface area contributed by atoms with Crippen LogP contribution in [0.1, 0.15) is 19.3 Å². The van der Waals surface area contributed by atoms with Gasteiger partial charge in [-0.25, -0.2) is 4.79 Å². The maximum absolute atomic E-state index is 12.3. The third kappa shape index (κ3) is 6.24. The molecule has 0 bridgehead atoms. The second-order valence-electron chi connectivity index (χ2n) is 5.95. The number of likely N-dealkylation sites (tertiary alicyclic amines) is 1. The number of piperidine rings is 1. The third-order valence-electron chi connectivity index (χ3n) is 4.24. The molecular weight excluding hydrogens is 315 g/mol. The molecule has 2 rings (SSSR count). The van der Waals surface area contributed by atoms with Crippen LogP contribution in [0.2, 0.25) is 0 Å².